The summed E-state index contributed by atoms with van der Waals surface area (Å²) in [5, 5.41) is 11.4. The molecular weight excluding hydrogens is 300 g/mol. The summed E-state index contributed by atoms with van der Waals surface area (Å²) < 4.78 is 3.00. The molecule has 1 atom stereocenters. The molecule has 0 fully saturated rings. The molecule has 92 valence electrons. The van der Waals surface area contributed by atoms with Gasteiger partial charge in [0.2, 0.25) is 0 Å². The van der Waals surface area contributed by atoms with Gasteiger partial charge in [-0.15, -0.1) is 16.4 Å². The molecule has 17 heavy (non-hydrogen) atoms. The summed E-state index contributed by atoms with van der Waals surface area (Å²) in [7, 11) is 1.92. The summed E-state index contributed by atoms with van der Waals surface area (Å²) in [5.41, 5.74) is 2.35. The number of hydrogen-bond acceptors (Lipinski definition) is 4. The fourth-order valence-electron chi connectivity index (χ4n) is 1.74. The Kier molecular flexibility index (Phi) is 3.96. The maximum Gasteiger partial charge on any atom is 0.0858 e. The van der Waals surface area contributed by atoms with Crippen LogP contribution in [0.15, 0.2) is 16.0 Å². The molecule has 2 aromatic heterocycles. The zero-order valence-electron chi connectivity index (χ0n) is 10.1. The van der Waals surface area contributed by atoms with E-state index >= 15 is 0 Å². The summed E-state index contributed by atoms with van der Waals surface area (Å²) in [4.78, 5) is 1.28. The zero-order valence-corrected chi connectivity index (χ0v) is 12.5. The third kappa shape index (κ3) is 2.59. The first kappa shape index (κ1) is 12.7. The number of rotatable bonds is 4. The number of aromatic nitrogens is 3. The molecule has 0 aliphatic carbocycles. The second-order valence-electron chi connectivity index (χ2n) is 3.88. The lowest BCUT2D eigenvalue weighted by molar-refractivity contribution is 0.574. The summed E-state index contributed by atoms with van der Waals surface area (Å²) in [6.45, 7) is 5.12. The average Bonchev–Trinajstić information content (AvgIpc) is 2.83. The topological polar surface area (TPSA) is 42.7 Å². The van der Waals surface area contributed by atoms with Crippen LogP contribution < -0.4 is 5.32 Å². The standard InChI is InChI=1S/C11H15BrN4S/c1-4-13-10(8-6-14-15-16(8)3)9-5-7(2)11(12)17-9/h5-6,10,13H,4H2,1-3H3. The third-order valence-electron chi connectivity index (χ3n) is 2.61. The number of aryl methyl sites for hydroxylation is 2. The van der Waals surface area contributed by atoms with Crippen molar-refractivity contribution in [3.05, 3.63) is 32.2 Å². The number of nitrogens with zero attached hydrogens (tertiary/aromatic N) is 3. The van der Waals surface area contributed by atoms with Gasteiger partial charge in [-0.2, -0.15) is 0 Å². The van der Waals surface area contributed by atoms with Gasteiger partial charge in [0.15, 0.2) is 0 Å². The molecule has 2 heterocycles. The highest BCUT2D eigenvalue weighted by Crippen LogP contribution is 2.33. The lowest BCUT2D eigenvalue weighted by atomic mass is 10.1. The molecule has 1 N–H and O–H groups in total. The lowest BCUT2D eigenvalue weighted by Gasteiger charge is -2.15. The van der Waals surface area contributed by atoms with Gasteiger partial charge in [-0.1, -0.05) is 12.1 Å². The molecule has 0 aliphatic rings. The molecule has 0 saturated carbocycles. The van der Waals surface area contributed by atoms with Gasteiger partial charge in [-0.3, -0.25) is 4.68 Å². The second kappa shape index (κ2) is 5.29. The van der Waals surface area contributed by atoms with Crippen molar-refractivity contribution < 1.29 is 0 Å². The van der Waals surface area contributed by atoms with Crippen LogP contribution in [0.4, 0.5) is 0 Å². The van der Waals surface area contributed by atoms with E-state index in [0.29, 0.717) is 0 Å². The van der Waals surface area contributed by atoms with Crippen molar-refractivity contribution in [2.24, 2.45) is 7.05 Å². The number of hydrogen-bond donors (Lipinski definition) is 1. The largest absolute Gasteiger partial charge is 0.305 e. The van der Waals surface area contributed by atoms with Crippen molar-refractivity contribution in [3.8, 4) is 0 Å². The van der Waals surface area contributed by atoms with E-state index in [1.807, 2.05) is 17.9 Å². The number of nitrogens with one attached hydrogen (secondary N) is 1. The minimum atomic E-state index is 0.162. The molecule has 0 spiro atoms. The zero-order chi connectivity index (χ0) is 12.4. The SMILES string of the molecule is CCNC(c1cc(C)c(Br)s1)c1cnnn1C. The molecule has 2 aromatic rings. The predicted octanol–water partition coefficient (Wildman–Crippen LogP) is 2.65. The summed E-state index contributed by atoms with van der Waals surface area (Å²) in [5.74, 6) is 0. The maximum atomic E-state index is 3.99. The second-order valence-corrected chi connectivity index (χ2v) is 6.28. The number of thiophene rings is 1. The Hall–Kier alpha value is -0.720. The molecule has 0 aromatic carbocycles. The van der Waals surface area contributed by atoms with Crippen molar-refractivity contribution >= 4 is 27.3 Å². The maximum absolute atomic E-state index is 3.99. The van der Waals surface area contributed by atoms with E-state index in [-0.39, 0.29) is 6.04 Å². The summed E-state index contributed by atoms with van der Waals surface area (Å²) in [6, 6.07) is 2.37. The van der Waals surface area contributed by atoms with Crippen molar-refractivity contribution in [2.45, 2.75) is 19.9 Å². The number of halogens is 1. The average molecular weight is 315 g/mol. The summed E-state index contributed by atoms with van der Waals surface area (Å²) in [6.07, 6.45) is 1.82. The van der Waals surface area contributed by atoms with Crippen LogP contribution in [0.25, 0.3) is 0 Å². The van der Waals surface area contributed by atoms with Crippen LogP contribution in [-0.4, -0.2) is 21.5 Å². The van der Waals surface area contributed by atoms with Crippen LogP contribution in [0.3, 0.4) is 0 Å². The first-order valence-electron chi connectivity index (χ1n) is 5.47. The Labute approximate surface area is 113 Å². The monoisotopic (exact) mass is 314 g/mol. The quantitative estimate of drug-likeness (QED) is 0.943. The molecule has 1 unspecified atom stereocenters. The minimum absolute atomic E-state index is 0.162. The first-order chi connectivity index (χ1) is 8.13. The van der Waals surface area contributed by atoms with Crippen LogP contribution in [0.1, 0.15) is 29.1 Å². The van der Waals surface area contributed by atoms with Crippen LogP contribution in [0.2, 0.25) is 0 Å². The van der Waals surface area contributed by atoms with Crippen molar-refractivity contribution in [3.63, 3.8) is 0 Å². The van der Waals surface area contributed by atoms with E-state index in [0.717, 1.165) is 12.2 Å². The smallest absolute Gasteiger partial charge is 0.0858 e. The van der Waals surface area contributed by atoms with E-state index in [9.17, 15) is 0 Å². The molecule has 6 heteroatoms. The van der Waals surface area contributed by atoms with E-state index in [2.05, 4.69) is 51.5 Å². The predicted molar refractivity (Wildman–Crippen MR) is 73.3 cm³/mol. The Morgan fingerprint density at radius 1 is 1.59 bits per heavy atom. The highest BCUT2D eigenvalue weighted by molar-refractivity contribution is 9.11. The minimum Gasteiger partial charge on any atom is -0.305 e. The highest BCUT2D eigenvalue weighted by atomic mass is 79.9. The van der Waals surface area contributed by atoms with Gasteiger partial charge < -0.3 is 5.32 Å². The molecule has 2 rings (SSSR count). The Morgan fingerprint density at radius 3 is 2.82 bits per heavy atom. The van der Waals surface area contributed by atoms with Crippen molar-refractivity contribution in [1.29, 1.82) is 0 Å². The summed E-state index contributed by atoms with van der Waals surface area (Å²) >= 11 is 5.32. The van der Waals surface area contributed by atoms with E-state index < -0.39 is 0 Å². The molecule has 0 aliphatic heterocycles. The third-order valence-corrected chi connectivity index (χ3v) is 4.82. The van der Waals surface area contributed by atoms with E-state index in [1.165, 1.54) is 14.2 Å². The normalized spacial score (nSPS) is 12.9. The Bertz CT molecular complexity index is 486. The van der Waals surface area contributed by atoms with E-state index in [4.69, 9.17) is 0 Å². The van der Waals surface area contributed by atoms with Gasteiger partial charge in [0.1, 0.15) is 0 Å². The van der Waals surface area contributed by atoms with Crippen LogP contribution in [0, 0.1) is 6.92 Å². The lowest BCUT2D eigenvalue weighted by Crippen LogP contribution is -2.23. The molecule has 0 radical (unpaired) electrons. The molecule has 0 amide bonds. The van der Waals surface area contributed by atoms with Gasteiger partial charge in [-0.25, -0.2) is 0 Å². The molecule has 0 bridgehead atoms. The molecule has 0 saturated heterocycles. The van der Waals surface area contributed by atoms with E-state index in [1.54, 1.807) is 11.3 Å². The molecular formula is C11H15BrN4S. The fourth-order valence-corrected chi connectivity index (χ4v) is 3.40. The van der Waals surface area contributed by atoms with Crippen molar-refractivity contribution in [1.82, 2.24) is 20.3 Å². The van der Waals surface area contributed by atoms with Gasteiger partial charge in [0, 0.05) is 11.9 Å². The Morgan fingerprint density at radius 2 is 2.35 bits per heavy atom. The molecule has 4 nitrogen and oxygen atoms in total. The van der Waals surface area contributed by atoms with Gasteiger partial charge in [0.25, 0.3) is 0 Å². The first-order valence-corrected chi connectivity index (χ1v) is 7.08. The van der Waals surface area contributed by atoms with Gasteiger partial charge in [0.05, 0.1) is 21.7 Å². The van der Waals surface area contributed by atoms with Crippen molar-refractivity contribution in [2.75, 3.05) is 6.54 Å². The van der Waals surface area contributed by atoms with Crippen LogP contribution >= 0.6 is 27.3 Å². The fraction of sp³-hybridized carbons (Fsp3) is 0.455. The van der Waals surface area contributed by atoms with Crippen LogP contribution in [-0.2, 0) is 7.05 Å². The van der Waals surface area contributed by atoms with Gasteiger partial charge in [-0.05, 0) is 41.0 Å². The Balaban J connectivity index is 2.39. The highest BCUT2D eigenvalue weighted by Gasteiger charge is 2.19. The van der Waals surface area contributed by atoms with Gasteiger partial charge >= 0.3 is 0 Å². The van der Waals surface area contributed by atoms with Crippen LogP contribution in [0.5, 0.6) is 0 Å².